The summed E-state index contributed by atoms with van der Waals surface area (Å²) < 4.78 is 4.38. The maximum absolute atomic E-state index is 11.2. The molecular formula is C8H6N4O4. The van der Waals surface area contributed by atoms with Crippen molar-refractivity contribution in [1.82, 2.24) is 0 Å². The number of benzene rings is 1. The maximum Gasteiger partial charge on any atom is 0.344 e. The highest BCUT2D eigenvalue weighted by Gasteiger charge is 2.24. The normalized spacial score (nSPS) is 9.06. The highest BCUT2D eigenvalue weighted by molar-refractivity contribution is 5.96. The standard InChI is InChI=1S/C8H6N4O4/c1-16-8(13)5-3-2-4-6(10-11-9)7(5)12(14)15/h2-4H,1H3. The van der Waals surface area contributed by atoms with Crippen molar-refractivity contribution in [3.8, 4) is 0 Å². The van der Waals surface area contributed by atoms with Crippen molar-refractivity contribution < 1.29 is 14.5 Å². The minimum absolute atomic E-state index is 0.226. The Labute approximate surface area is 89.2 Å². The molecule has 0 saturated heterocycles. The number of ether oxygens (including phenoxy) is 1. The molecule has 0 heterocycles. The summed E-state index contributed by atoms with van der Waals surface area (Å²) in [4.78, 5) is 23.6. The fraction of sp³-hybridized carbons (Fsp3) is 0.125. The number of hydrogen-bond acceptors (Lipinski definition) is 5. The number of esters is 1. The van der Waals surface area contributed by atoms with E-state index in [1.54, 1.807) is 0 Å². The van der Waals surface area contributed by atoms with Gasteiger partial charge in [-0.05, 0) is 17.7 Å². The average molecular weight is 222 g/mol. The van der Waals surface area contributed by atoms with Crippen molar-refractivity contribution in [1.29, 1.82) is 0 Å². The summed E-state index contributed by atoms with van der Waals surface area (Å²) >= 11 is 0. The number of nitro benzene ring substituents is 1. The summed E-state index contributed by atoms with van der Waals surface area (Å²) in [6.45, 7) is 0. The molecule has 0 aromatic heterocycles. The van der Waals surface area contributed by atoms with Gasteiger partial charge in [-0.1, -0.05) is 11.2 Å². The van der Waals surface area contributed by atoms with Gasteiger partial charge in [0.15, 0.2) is 0 Å². The number of nitrogens with zero attached hydrogens (tertiary/aromatic N) is 4. The number of hydrogen-bond donors (Lipinski definition) is 0. The molecule has 1 aromatic rings. The smallest absolute Gasteiger partial charge is 0.344 e. The summed E-state index contributed by atoms with van der Waals surface area (Å²) in [6.07, 6.45) is 0. The Bertz CT molecular complexity index is 493. The van der Waals surface area contributed by atoms with Gasteiger partial charge in [-0.15, -0.1) is 0 Å². The number of para-hydroxylation sites is 1. The van der Waals surface area contributed by atoms with Crippen LogP contribution in [0.4, 0.5) is 11.4 Å². The van der Waals surface area contributed by atoms with E-state index in [0.29, 0.717) is 0 Å². The van der Waals surface area contributed by atoms with E-state index >= 15 is 0 Å². The highest BCUT2D eigenvalue weighted by atomic mass is 16.6. The topological polar surface area (TPSA) is 118 Å². The molecule has 0 aliphatic rings. The van der Waals surface area contributed by atoms with Crippen molar-refractivity contribution in [3.63, 3.8) is 0 Å². The van der Waals surface area contributed by atoms with Gasteiger partial charge in [0.2, 0.25) is 0 Å². The molecular weight excluding hydrogens is 216 g/mol. The lowest BCUT2D eigenvalue weighted by Gasteiger charge is -2.02. The van der Waals surface area contributed by atoms with Crippen LogP contribution in [-0.4, -0.2) is 18.0 Å². The van der Waals surface area contributed by atoms with Gasteiger partial charge in [0, 0.05) is 4.91 Å². The second-order valence-corrected chi connectivity index (χ2v) is 2.61. The third-order valence-electron chi connectivity index (χ3n) is 1.76. The third-order valence-corrected chi connectivity index (χ3v) is 1.76. The number of methoxy groups -OCH3 is 1. The van der Waals surface area contributed by atoms with Gasteiger partial charge in [0.25, 0.3) is 5.69 Å². The van der Waals surface area contributed by atoms with Gasteiger partial charge in [-0.25, -0.2) is 4.79 Å². The molecule has 0 N–H and O–H groups in total. The van der Waals surface area contributed by atoms with Gasteiger partial charge in [-0.2, -0.15) is 0 Å². The number of carbonyl (C=O) groups excluding carboxylic acids is 1. The zero-order valence-corrected chi connectivity index (χ0v) is 8.15. The van der Waals surface area contributed by atoms with Crippen LogP contribution in [0.25, 0.3) is 10.4 Å². The molecule has 0 bridgehead atoms. The summed E-state index contributed by atoms with van der Waals surface area (Å²) in [5.41, 5.74) is 7.19. The minimum Gasteiger partial charge on any atom is -0.465 e. The first-order valence-electron chi connectivity index (χ1n) is 4.02. The minimum atomic E-state index is -0.860. The Morgan fingerprint density at radius 3 is 2.81 bits per heavy atom. The van der Waals surface area contributed by atoms with E-state index < -0.39 is 16.6 Å². The van der Waals surface area contributed by atoms with Crippen LogP contribution in [0.3, 0.4) is 0 Å². The number of nitro groups is 1. The van der Waals surface area contributed by atoms with E-state index in [1.165, 1.54) is 18.2 Å². The van der Waals surface area contributed by atoms with Gasteiger partial charge in [0.05, 0.1) is 12.0 Å². The van der Waals surface area contributed by atoms with Crippen LogP contribution >= 0.6 is 0 Å². The van der Waals surface area contributed by atoms with Gasteiger partial charge in [-0.3, -0.25) is 10.1 Å². The molecule has 0 amide bonds. The molecule has 0 unspecified atom stereocenters. The summed E-state index contributed by atoms with van der Waals surface area (Å²) in [5, 5.41) is 13.9. The van der Waals surface area contributed by atoms with Crippen molar-refractivity contribution in [2.75, 3.05) is 7.11 Å². The Hall–Kier alpha value is -2.60. The van der Waals surface area contributed by atoms with Crippen LogP contribution in [0.15, 0.2) is 23.3 Å². The van der Waals surface area contributed by atoms with E-state index in [-0.39, 0.29) is 11.3 Å². The Kier molecular flexibility index (Phi) is 3.41. The van der Waals surface area contributed by atoms with Crippen LogP contribution in [0.2, 0.25) is 0 Å². The lowest BCUT2D eigenvalue weighted by atomic mass is 10.1. The van der Waals surface area contributed by atoms with E-state index in [2.05, 4.69) is 14.8 Å². The predicted molar refractivity (Wildman–Crippen MR) is 53.2 cm³/mol. The molecule has 8 heteroatoms. The maximum atomic E-state index is 11.2. The van der Waals surface area contributed by atoms with Crippen LogP contribution < -0.4 is 0 Å². The number of rotatable bonds is 3. The summed E-state index contributed by atoms with van der Waals surface area (Å²) in [6, 6.07) is 3.83. The third kappa shape index (κ3) is 2.07. The second-order valence-electron chi connectivity index (χ2n) is 2.61. The van der Waals surface area contributed by atoms with Gasteiger partial charge in [0.1, 0.15) is 11.3 Å². The fourth-order valence-electron chi connectivity index (χ4n) is 1.13. The fourth-order valence-corrected chi connectivity index (χ4v) is 1.13. The van der Waals surface area contributed by atoms with Crippen LogP contribution in [0.1, 0.15) is 10.4 Å². The molecule has 16 heavy (non-hydrogen) atoms. The van der Waals surface area contributed by atoms with E-state index in [1.807, 2.05) is 0 Å². The van der Waals surface area contributed by atoms with Gasteiger partial charge < -0.3 is 4.74 Å². The van der Waals surface area contributed by atoms with Gasteiger partial charge >= 0.3 is 5.97 Å². The molecule has 0 radical (unpaired) electrons. The summed E-state index contributed by atoms with van der Waals surface area (Å²) in [5.74, 6) is -0.860. The van der Waals surface area contributed by atoms with Crippen LogP contribution in [0.5, 0.6) is 0 Å². The average Bonchev–Trinajstić information content (AvgIpc) is 2.27. The molecule has 0 aliphatic heterocycles. The van der Waals surface area contributed by atoms with Crippen molar-refractivity contribution in [2.45, 2.75) is 0 Å². The first-order valence-corrected chi connectivity index (χ1v) is 4.02. The molecule has 1 aromatic carbocycles. The monoisotopic (exact) mass is 222 g/mol. The zero-order valence-electron chi connectivity index (χ0n) is 8.15. The van der Waals surface area contributed by atoms with E-state index in [0.717, 1.165) is 7.11 Å². The molecule has 8 nitrogen and oxygen atoms in total. The molecule has 0 fully saturated rings. The van der Waals surface area contributed by atoms with E-state index in [9.17, 15) is 14.9 Å². The van der Waals surface area contributed by atoms with Crippen molar-refractivity contribution in [3.05, 3.63) is 44.3 Å². The SMILES string of the molecule is COC(=O)c1cccc(N=[N+]=[N-])c1[N+](=O)[O-]. The molecule has 0 atom stereocenters. The Balaban J connectivity index is 3.50. The first-order chi connectivity index (χ1) is 7.61. The number of azide groups is 1. The molecule has 0 spiro atoms. The number of carbonyl (C=O) groups is 1. The van der Waals surface area contributed by atoms with E-state index in [4.69, 9.17) is 5.53 Å². The Morgan fingerprint density at radius 1 is 1.62 bits per heavy atom. The van der Waals surface area contributed by atoms with Crippen LogP contribution in [-0.2, 0) is 4.74 Å². The first kappa shape index (κ1) is 11.5. The lowest BCUT2D eigenvalue weighted by molar-refractivity contribution is -0.384. The highest BCUT2D eigenvalue weighted by Crippen LogP contribution is 2.31. The Morgan fingerprint density at radius 2 is 2.31 bits per heavy atom. The summed E-state index contributed by atoms with van der Waals surface area (Å²) in [7, 11) is 1.10. The van der Waals surface area contributed by atoms with Crippen molar-refractivity contribution in [2.24, 2.45) is 5.11 Å². The van der Waals surface area contributed by atoms with Crippen LogP contribution in [0, 0.1) is 10.1 Å². The largest absolute Gasteiger partial charge is 0.465 e. The molecule has 0 aliphatic carbocycles. The van der Waals surface area contributed by atoms with Crippen molar-refractivity contribution >= 4 is 17.3 Å². The molecule has 0 saturated carbocycles. The quantitative estimate of drug-likeness (QED) is 0.194. The zero-order chi connectivity index (χ0) is 12.1. The second kappa shape index (κ2) is 4.76. The molecule has 82 valence electrons. The lowest BCUT2D eigenvalue weighted by Crippen LogP contribution is -2.05. The predicted octanol–water partition coefficient (Wildman–Crippen LogP) is 2.32. The molecule has 1 rings (SSSR count).